The molecule has 8 heteroatoms. The van der Waals surface area contributed by atoms with Crippen molar-refractivity contribution in [3.05, 3.63) is 60.2 Å². The third-order valence-electron chi connectivity index (χ3n) is 4.25. The molecule has 0 atom stereocenters. The van der Waals surface area contributed by atoms with Gasteiger partial charge in [0, 0.05) is 19.2 Å². The van der Waals surface area contributed by atoms with Crippen LogP contribution in [0.15, 0.2) is 53.2 Å². The van der Waals surface area contributed by atoms with Crippen LogP contribution in [-0.2, 0) is 4.74 Å². The summed E-state index contributed by atoms with van der Waals surface area (Å²) in [4.78, 5) is 18.8. The van der Waals surface area contributed by atoms with Gasteiger partial charge in [0.05, 0.1) is 30.7 Å². The van der Waals surface area contributed by atoms with Gasteiger partial charge >= 0.3 is 0 Å². The number of carbonyl (C=O) groups excluding carboxylic acids is 1. The Bertz CT molecular complexity index is 936. The number of morpholine rings is 1. The molecule has 2 aromatic heterocycles. The zero-order valence-corrected chi connectivity index (χ0v) is 14.4. The molecule has 1 aliphatic rings. The molecule has 7 nitrogen and oxygen atoms in total. The Morgan fingerprint density at radius 3 is 2.70 bits per heavy atom. The Balaban J connectivity index is 1.44. The molecule has 1 amide bonds. The van der Waals surface area contributed by atoms with Crippen molar-refractivity contribution >= 4 is 17.4 Å². The molecule has 4 rings (SSSR count). The molecule has 0 unspecified atom stereocenters. The van der Waals surface area contributed by atoms with E-state index in [2.05, 4.69) is 20.4 Å². The first kappa shape index (κ1) is 17.2. The molecule has 1 aliphatic heterocycles. The Kier molecular flexibility index (Phi) is 4.80. The molecule has 0 aliphatic carbocycles. The predicted octanol–water partition coefficient (Wildman–Crippen LogP) is 2.96. The lowest BCUT2D eigenvalue weighted by Crippen LogP contribution is -2.36. The minimum Gasteiger partial charge on any atom is -0.378 e. The van der Waals surface area contributed by atoms with Gasteiger partial charge in [-0.3, -0.25) is 4.79 Å². The SMILES string of the molecule is O=C(Nc1ccc(N2CCOCC2)cn1)c1cc(-c2ccccc2F)on1. The van der Waals surface area contributed by atoms with Crippen LogP contribution >= 0.6 is 0 Å². The fourth-order valence-electron chi connectivity index (χ4n) is 2.82. The van der Waals surface area contributed by atoms with Crippen molar-refractivity contribution in [2.45, 2.75) is 0 Å². The van der Waals surface area contributed by atoms with Gasteiger partial charge in [-0.05, 0) is 24.3 Å². The van der Waals surface area contributed by atoms with Crippen LogP contribution in [0.1, 0.15) is 10.5 Å². The molecule has 3 heterocycles. The van der Waals surface area contributed by atoms with Gasteiger partial charge in [0.15, 0.2) is 11.5 Å². The quantitative estimate of drug-likeness (QED) is 0.763. The molecular weight excluding hydrogens is 351 g/mol. The molecule has 1 fully saturated rings. The minimum absolute atomic E-state index is 0.0484. The van der Waals surface area contributed by atoms with E-state index >= 15 is 0 Å². The summed E-state index contributed by atoms with van der Waals surface area (Å²) in [7, 11) is 0. The van der Waals surface area contributed by atoms with E-state index in [1.165, 1.54) is 12.1 Å². The van der Waals surface area contributed by atoms with Gasteiger partial charge in [-0.1, -0.05) is 17.3 Å². The maximum absolute atomic E-state index is 13.8. The van der Waals surface area contributed by atoms with Gasteiger partial charge in [0.25, 0.3) is 5.91 Å². The molecule has 0 bridgehead atoms. The van der Waals surface area contributed by atoms with Gasteiger partial charge < -0.3 is 19.5 Å². The number of amides is 1. The molecule has 0 radical (unpaired) electrons. The largest absolute Gasteiger partial charge is 0.378 e. The second-order valence-electron chi connectivity index (χ2n) is 6.01. The summed E-state index contributed by atoms with van der Waals surface area (Å²) in [6, 6.07) is 11.1. The van der Waals surface area contributed by atoms with E-state index in [9.17, 15) is 9.18 Å². The molecular formula is C19H17FN4O3. The maximum atomic E-state index is 13.8. The summed E-state index contributed by atoms with van der Waals surface area (Å²) >= 11 is 0. The highest BCUT2D eigenvalue weighted by Crippen LogP contribution is 2.23. The predicted molar refractivity (Wildman–Crippen MR) is 97.1 cm³/mol. The van der Waals surface area contributed by atoms with Gasteiger partial charge in [-0.25, -0.2) is 9.37 Å². The molecule has 27 heavy (non-hydrogen) atoms. The van der Waals surface area contributed by atoms with Crippen LogP contribution in [0.4, 0.5) is 15.9 Å². The summed E-state index contributed by atoms with van der Waals surface area (Å²) in [5.74, 6) is -0.338. The summed E-state index contributed by atoms with van der Waals surface area (Å²) in [6.07, 6.45) is 1.70. The topological polar surface area (TPSA) is 80.5 Å². The number of halogens is 1. The first-order chi connectivity index (χ1) is 13.2. The minimum atomic E-state index is -0.479. The fraction of sp³-hybridized carbons (Fsp3) is 0.211. The maximum Gasteiger partial charge on any atom is 0.279 e. The van der Waals surface area contributed by atoms with Crippen molar-refractivity contribution in [3.8, 4) is 11.3 Å². The number of aromatic nitrogens is 2. The van der Waals surface area contributed by atoms with Crippen molar-refractivity contribution in [2.75, 3.05) is 36.5 Å². The zero-order chi connectivity index (χ0) is 18.6. The average molecular weight is 368 g/mol. The first-order valence-corrected chi connectivity index (χ1v) is 8.52. The summed E-state index contributed by atoms with van der Waals surface area (Å²) in [5, 5.41) is 6.38. The van der Waals surface area contributed by atoms with Gasteiger partial charge in [-0.15, -0.1) is 0 Å². The standard InChI is InChI=1S/C19H17FN4O3/c20-15-4-2-1-3-14(15)17-11-16(23-27-17)19(25)22-18-6-5-13(12-21-18)24-7-9-26-10-8-24/h1-6,11-12H,7-10H2,(H,21,22,25). The van der Waals surface area contributed by atoms with Crippen molar-refractivity contribution in [3.63, 3.8) is 0 Å². The lowest BCUT2D eigenvalue weighted by atomic mass is 10.1. The third-order valence-corrected chi connectivity index (χ3v) is 4.25. The number of pyridine rings is 1. The van der Waals surface area contributed by atoms with E-state index in [-0.39, 0.29) is 17.0 Å². The highest BCUT2D eigenvalue weighted by atomic mass is 19.1. The van der Waals surface area contributed by atoms with E-state index < -0.39 is 11.7 Å². The number of ether oxygens (including phenoxy) is 1. The second kappa shape index (κ2) is 7.55. The monoisotopic (exact) mass is 368 g/mol. The smallest absolute Gasteiger partial charge is 0.279 e. The molecule has 0 saturated carbocycles. The van der Waals surface area contributed by atoms with Gasteiger partial charge in [-0.2, -0.15) is 0 Å². The number of benzene rings is 1. The van der Waals surface area contributed by atoms with Gasteiger partial charge in [0.1, 0.15) is 11.6 Å². The number of nitrogens with one attached hydrogen (secondary N) is 1. The highest BCUT2D eigenvalue weighted by Gasteiger charge is 2.17. The molecule has 3 aromatic rings. The second-order valence-corrected chi connectivity index (χ2v) is 6.01. The van der Waals surface area contributed by atoms with E-state index in [4.69, 9.17) is 9.26 Å². The Labute approximate surface area is 154 Å². The summed E-state index contributed by atoms with van der Waals surface area (Å²) < 4.78 is 24.2. The Morgan fingerprint density at radius 1 is 1.15 bits per heavy atom. The molecule has 1 N–H and O–H groups in total. The highest BCUT2D eigenvalue weighted by molar-refractivity contribution is 6.02. The van der Waals surface area contributed by atoms with Crippen molar-refractivity contribution in [1.29, 1.82) is 0 Å². The molecule has 0 spiro atoms. The number of nitrogens with zero attached hydrogens (tertiary/aromatic N) is 3. The van der Waals surface area contributed by atoms with E-state index in [1.807, 2.05) is 6.07 Å². The number of anilines is 2. The molecule has 1 saturated heterocycles. The Morgan fingerprint density at radius 2 is 1.96 bits per heavy atom. The fourth-order valence-corrected chi connectivity index (χ4v) is 2.82. The first-order valence-electron chi connectivity index (χ1n) is 8.52. The zero-order valence-electron chi connectivity index (χ0n) is 14.4. The van der Waals surface area contributed by atoms with Crippen LogP contribution in [0, 0.1) is 5.82 Å². The normalized spacial score (nSPS) is 14.2. The van der Waals surface area contributed by atoms with Crippen LogP contribution in [0.5, 0.6) is 0 Å². The van der Waals surface area contributed by atoms with Gasteiger partial charge in [0.2, 0.25) is 0 Å². The van der Waals surface area contributed by atoms with E-state index in [1.54, 1.807) is 30.5 Å². The van der Waals surface area contributed by atoms with Crippen LogP contribution in [0.3, 0.4) is 0 Å². The lowest BCUT2D eigenvalue weighted by molar-refractivity contribution is 0.101. The average Bonchev–Trinajstić information content (AvgIpc) is 3.20. The number of carbonyl (C=O) groups is 1. The van der Waals surface area contributed by atoms with Crippen LogP contribution < -0.4 is 10.2 Å². The molecule has 1 aromatic carbocycles. The lowest BCUT2D eigenvalue weighted by Gasteiger charge is -2.28. The summed E-state index contributed by atoms with van der Waals surface area (Å²) in [6.45, 7) is 3.00. The van der Waals surface area contributed by atoms with Crippen LogP contribution in [0.2, 0.25) is 0 Å². The number of rotatable bonds is 4. The van der Waals surface area contributed by atoms with Crippen molar-refractivity contribution in [2.24, 2.45) is 0 Å². The molecule has 138 valence electrons. The number of hydrogen-bond acceptors (Lipinski definition) is 6. The van der Waals surface area contributed by atoms with Crippen molar-refractivity contribution in [1.82, 2.24) is 10.1 Å². The Hall–Kier alpha value is -3.26. The van der Waals surface area contributed by atoms with Crippen molar-refractivity contribution < 1.29 is 18.4 Å². The van der Waals surface area contributed by atoms with E-state index in [0.29, 0.717) is 19.0 Å². The number of hydrogen-bond donors (Lipinski definition) is 1. The van der Waals surface area contributed by atoms with Crippen LogP contribution in [-0.4, -0.2) is 42.4 Å². The summed E-state index contributed by atoms with van der Waals surface area (Å²) in [5.41, 5.74) is 1.27. The third kappa shape index (κ3) is 3.80. The van der Waals surface area contributed by atoms with Crippen LogP contribution in [0.25, 0.3) is 11.3 Å². The van der Waals surface area contributed by atoms with E-state index in [0.717, 1.165) is 18.8 Å².